The molecule has 0 unspecified atom stereocenters. The average molecular weight is 305 g/mol. The predicted molar refractivity (Wildman–Crippen MR) is 84.3 cm³/mol. The molecule has 0 aliphatic heterocycles. The first kappa shape index (κ1) is 15.6. The molecule has 1 heterocycles. The maximum atomic E-state index is 11.9. The van der Waals surface area contributed by atoms with Gasteiger partial charge in [0.2, 0.25) is 5.91 Å². The molecule has 3 N–H and O–H groups in total. The topological polar surface area (TPSA) is 85.1 Å². The first-order valence-electron chi connectivity index (χ1n) is 6.70. The van der Waals surface area contributed by atoms with Crippen molar-refractivity contribution < 1.29 is 9.59 Å². The number of aromatic nitrogens is 1. The number of fused-ring (bicyclic) bond motifs is 1. The summed E-state index contributed by atoms with van der Waals surface area (Å²) in [5, 5.41) is 3.31. The third-order valence-electron chi connectivity index (χ3n) is 2.97. The maximum Gasteiger partial charge on any atom is 0.239 e. The van der Waals surface area contributed by atoms with Gasteiger partial charge in [0.15, 0.2) is 5.78 Å². The fourth-order valence-electron chi connectivity index (χ4n) is 1.79. The Labute approximate surface area is 127 Å². The second-order valence-corrected chi connectivity index (χ2v) is 6.81. The van der Waals surface area contributed by atoms with Crippen LogP contribution in [0.5, 0.6) is 0 Å². The minimum absolute atomic E-state index is 0.0194. The average Bonchev–Trinajstić information content (AvgIpc) is 2.75. The molecule has 0 spiro atoms. The van der Waals surface area contributed by atoms with Crippen LogP contribution in [0.1, 0.15) is 24.4 Å². The Morgan fingerprint density at radius 1 is 1.38 bits per heavy atom. The Morgan fingerprint density at radius 3 is 2.76 bits per heavy atom. The highest BCUT2D eigenvalue weighted by molar-refractivity contribution is 7.18. The number of hydrogen-bond acceptors (Lipinski definition) is 5. The number of carbonyl (C=O) groups excluding carboxylic acids is 2. The number of ketones is 1. The lowest BCUT2D eigenvalue weighted by Gasteiger charge is -2.17. The Balaban J connectivity index is 1.97. The van der Waals surface area contributed by atoms with Crippen molar-refractivity contribution in [2.45, 2.75) is 32.7 Å². The highest BCUT2D eigenvalue weighted by Crippen LogP contribution is 2.23. The third-order valence-corrected chi connectivity index (χ3v) is 3.99. The number of nitrogens with one attached hydrogen (secondary N) is 1. The van der Waals surface area contributed by atoms with Crippen molar-refractivity contribution in [3.05, 3.63) is 28.8 Å². The molecule has 1 aromatic carbocycles. The van der Waals surface area contributed by atoms with Gasteiger partial charge in [-0.1, -0.05) is 6.07 Å². The Hall–Kier alpha value is -1.79. The van der Waals surface area contributed by atoms with E-state index in [1.807, 2.05) is 19.1 Å². The highest BCUT2D eigenvalue weighted by atomic mass is 32.1. The van der Waals surface area contributed by atoms with Crippen molar-refractivity contribution in [1.82, 2.24) is 10.3 Å². The van der Waals surface area contributed by atoms with E-state index in [2.05, 4.69) is 16.4 Å². The van der Waals surface area contributed by atoms with E-state index >= 15 is 0 Å². The van der Waals surface area contributed by atoms with Crippen molar-refractivity contribution in [2.24, 2.45) is 5.73 Å². The van der Waals surface area contributed by atoms with Crippen molar-refractivity contribution in [3.8, 4) is 0 Å². The normalized spacial score (nSPS) is 11.6. The fraction of sp³-hybridized carbons (Fsp3) is 0.400. The lowest BCUT2D eigenvalue weighted by Crippen LogP contribution is -2.50. The second kappa shape index (κ2) is 5.91. The summed E-state index contributed by atoms with van der Waals surface area (Å²) in [6.45, 7) is 5.20. The summed E-state index contributed by atoms with van der Waals surface area (Å²) in [4.78, 5) is 27.9. The third kappa shape index (κ3) is 4.09. The first-order valence-corrected chi connectivity index (χ1v) is 7.52. The number of nitrogens with zero attached hydrogens (tertiary/aromatic N) is 1. The van der Waals surface area contributed by atoms with E-state index in [-0.39, 0.29) is 24.7 Å². The van der Waals surface area contributed by atoms with Crippen LogP contribution in [0.25, 0.3) is 10.2 Å². The second-order valence-electron chi connectivity index (χ2n) is 5.70. The molecule has 0 saturated carbocycles. The molecule has 21 heavy (non-hydrogen) atoms. The van der Waals surface area contributed by atoms with Crippen molar-refractivity contribution in [2.75, 3.05) is 6.54 Å². The Morgan fingerprint density at radius 2 is 2.10 bits per heavy atom. The molecule has 0 bridgehead atoms. The van der Waals surface area contributed by atoms with Gasteiger partial charge in [-0.2, -0.15) is 0 Å². The molecule has 112 valence electrons. The number of thiazole rings is 1. The Kier molecular flexibility index (Phi) is 4.39. The number of carbonyl (C=O) groups is 2. The summed E-state index contributed by atoms with van der Waals surface area (Å²) >= 11 is 1.51. The van der Waals surface area contributed by atoms with E-state index in [1.54, 1.807) is 13.8 Å². The summed E-state index contributed by atoms with van der Waals surface area (Å²) in [6, 6.07) is 6.00. The molecule has 2 rings (SSSR count). The summed E-state index contributed by atoms with van der Waals surface area (Å²) in [6.07, 6.45) is 0.226. The van der Waals surface area contributed by atoms with E-state index in [9.17, 15) is 9.59 Å². The van der Waals surface area contributed by atoms with Crippen molar-refractivity contribution in [1.29, 1.82) is 0 Å². The molecule has 0 atom stereocenters. The van der Waals surface area contributed by atoms with Gasteiger partial charge in [-0.25, -0.2) is 4.98 Å². The van der Waals surface area contributed by atoms with Crippen molar-refractivity contribution in [3.63, 3.8) is 0 Å². The SMILES string of the molecule is Cc1ccc2nc(CC(=O)CNC(=O)C(C)(C)N)sc2c1. The van der Waals surface area contributed by atoms with Crippen molar-refractivity contribution >= 4 is 33.2 Å². The molecule has 0 fully saturated rings. The maximum absolute atomic E-state index is 11.9. The molecule has 2 aromatic rings. The summed E-state index contributed by atoms with van der Waals surface area (Å²) < 4.78 is 1.07. The van der Waals surface area contributed by atoms with Gasteiger partial charge in [0, 0.05) is 0 Å². The van der Waals surface area contributed by atoms with Crippen LogP contribution in [0, 0.1) is 6.92 Å². The molecular weight excluding hydrogens is 286 g/mol. The monoisotopic (exact) mass is 305 g/mol. The molecule has 0 aliphatic rings. The van der Waals surface area contributed by atoms with Crippen LogP contribution in [0.15, 0.2) is 18.2 Å². The number of nitrogens with two attached hydrogens (primary N) is 1. The summed E-state index contributed by atoms with van der Waals surface area (Å²) in [7, 11) is 0. The molecule has 0 aliphatic carbocycles. The zero-order valence-electron chi connectivity index (χ0n) is 12.4. The summed E-state index contributed by atoms with van der Waals surface area (Å²) in [5.41, 5.74) is 6.74. The highest BCUT2D eigenvalue weighted by Gasteiger charge is 2.22. The van der Waals surface area contributed by atoms with Crippen LogP contribution >= 0.6 is 11.3 Å². The molecular formula is C15H19N3O2S. The number of amides is 1. The minimum atomic E-state index is -0.979. The smallest absolute Gasteiger partial charge is 0.239 e. The molecule has 6 heteroatoms. The van der Waals surface area contributed by atoms with Crippen LogP contribution in [0.4, 0.5) is 0 Å². The van der Waals surface area contributed by atoms with Crippen LogP contribution in [0.2, 0.25) is 0 Å². The lowest BCUT2D eigenvalue weighted by molar-refractivity contribution is -0.127. The number of rotatable bonds is 5. The molecule has 1 aromatic heterocycles. The number of Topliss-reactive ketones (excluding diaryl/α,β-unsaturated/α-hetero) is 1. The summed E-state index contributed by atoms with van der Waals surface area (Å²) in [5.74, 6) is -0.417. The van der Waals surface area contributed by atoms with Crippen LogP contribution in [-0.4, -0.2) is 28.8 Å². The molecule has 1 amide bonds. The van der Waals surface area contributed by atoms with E-state index in [1.165, 1.54) is 16.9 Å². The number of benzene rings is 1. The largest absolute Gasteiger partial charge is 0.347 e. The fourth-order valence-corrected chi connectivity index (χ4v) is 2.89. The zero-order valence-corrected chi connectivity index (χ0v) is 13.2. The van der Waals surface area contributed by atoms with E-state index in [4.69, 9.17) is 5.73 Å². The van der Waals surface area contributed by atoms with Gasteiger partial charge in [-0.15, -0.1) is 11.3 Å². The van der Waals surface area contributed by atoms with Gasteiger partial charge in [0.1, 0.15) is 5.01 Å². The zero-order chi connectivity index (χ0) is 15.6. The van der Waals surface area contributed by atoms with Gasteiger partial charge in [-0.05, 0) is 38.5 Å². The van der Waals surface area contributed by atoms with Crippen LogP contribution < -0.4 is 11.1 Å². The first-order chi connectivity index (χ1) is 9.75. The number of hydrogen-bond donors (Lipinski definition) is 2. The number of aryl methyl sites for hydroxylation is 1. The standard InChI is InChI=1S/C15H19N3O2S/c1-9-4-5-11-12(6-9)21-13(18-11)7-10(19)8-17-14(20)15(2,3)16/h4-6H,7-8,16H2,1-3H3,(H,17,20). The van der Waals surface area contributed by atoms with Gasteiger partial charge >= 0.3 is 0 Å². The van der Waals surface area contributed by atoms with Crippen LogP contribution in [-0.2, 0) is 16.0 Å². The molecule has 5 nitrogen and oxygen atoms in total. The quantitative estimate of drug-likeness (QED) is 0.878. The lowest BCUT2D eigenvalue weighted by atomic mass is 10.1. The molecule has 0 radical (unpaired) electrons. The van der Waals surface area contributed by atoms with E-state index < -0.39 is 5.54 Å². The van der Waals surface area contributed by atoms with Gasteiger partial charge in [0.25, 0.3) is 0 Å². The predicted octanol–water partition coefficient (Wildman–Crippen LogP) is 1.57. The van der Waals surface area contributed by atoms with Gasteiger partial charge < -0.3 is 11.1 Å². The van der Waals surface area contributed by atoms with Gasteiger partial charge in [0.05, 0.1) is 28.7 Å². The minimum Gasteiger partial charge on any atom is -0.347 e. The van der Waals surface area contributed by atoms with E-state index in [0.717, 1.165) is 15.2 Å². The van der Waals surface area contributed by atoms with E-state index in [0.29, 0.717) is 0 Å². The molecule has 0 saturated heterocycles. The van der Waals surface area contributed by atoms with Gasteiger partial charge in [-0.3, -0.25) is 9.59 Å². The van der Waals surface area contributed by atoms with Crippen LogP contribution in [0.3, 0.4) is 0 Å². The Bertz CT molecular complexity index is 686.